The molecule has 5 nitrogen and oxygen atoms in total. The van der Waals surface area contributed by atoms with Gasteiger partial charge in [-0.3, -0.25) is 4.79 Å². The van der Waals surface area contributed by atoms with Crippen molar-refractivity contribution in [2.45, 2.75) is 0 Å². The van der Waals surface area contributed by atoms with Crippen molar-refractivity contribution in [3.05, 3.63) is 54.1 Å². The average Bonchev–Trinajstić information content (AvgIpc) is 2.98. The van der Waals surface area contributed by atoms with Crippen LogP contribution in [0, 0.1) is 0 Å². The SMILES string of the molecule is O=Cc1ccc(-c2noc(-c3ccc(O)cc3)n2)cc1. The number of aromatic hydroxyl groups is 1. The van der Waals surface area contributed by atoms with Crippen molar-refractivity contribution in [3.63, 3.8) is 0 Å². The minimum Gasteiger partial charge on any atom is -0.508 e. The number of carbonyl (C=O) groups is 1. The van der Waals surface area contributed by atoms with E-state index in [1.54, 1.807) is 48.5 Å². The molecule has 0 radical (unpaired) electrons. The van der Waals surface area contributed by atoms with Crippen molar-refractivity contribution >= 4 is 6.29 Å². The molecule has 0 saturated heterocycles. The van der Waals surface area contributed by atoms with Crippen LogP contribution in [0.15, 0.2) is 53.1 Å². The molecule has 98 valence electrons. The fourth-order valence-electron chi connectivity index (χ4n) is 1.77. The summed E-state index contributed by atoms with van der Waals surface area (Å²) in [7, 11) is 0. The first-order valence-electron chi connectivity index (χ1n) is 5.95. The molecule has 3 aromatic rings. The molecule has 0 spiro atoms. The Morgan fingerprint density at radius 2 is 1.60 bits per heavy atom. The van der Waals surface area contributed by atoms with E-state index in [1.807, 2.05) is 0 Å². The Balaban J connectivity index is 1.92. The molecule has 0 saturated carbocycles. The second kappa shape index (κ2) is 4.97. The molecule has 5 heteroatoms. The lowest BCUT2D eigenvalue weighted by Crippen LogP contribution is -1.83. The van der Waals surface area contributed by atoms with Crippen molar-refractivity contribution in [3.8, 4) is 28.6 Å². The van der Waals surface area contributed by atoms with Crippen LogP contribution in [0.5, 0.6) is 5.75 Å². The van der Waals surface area contributed by atoms with Gasteiger partial charge in [0.1, 0.15) is 12.0 Å². The molecular formula is C15H10N2O3. The molecular weight excluding hydrogens is 256 g/mol. The first-order valence-corrected chi connectivity index (χ1v) is 5.95. The van der Waals surface area contributed by atoms with Crippen LogP contribution in [0.25, 0.3) is 22.8 Å². The van der Waals surface area contributed by atoms with Crippen LogP contribution in [0.1, 0.15) is 10.4 Å². The highest BCUT2D eigenvalue weighted by Gasteiger charge is 2.10. The summed E-state index contributed by atoms with van der Waals surface area (Å²) in [6, 6.07) is 13.4. The molecule has 1 N–H and O–H groups in total. The third kappa shape index (κ3) is 2.29. The summed E-state index contributed by atoms with van der Waals surface area (Å²) in [5.41, 5.74) is 2.09. The molecule has 2 aromatic carbocycles. The molecule has 0 aliphatic rings. The van der Waals surface area contributed by atoms with Crippen LogP contribution in [-0.2, 0) is 0 Å². The number of phenols is 1. The molecule has 20 heavy (non-hydrogen) atoms. The lowest BCUT2D eigenvalue weighted by atomic mass is 10.1. The fourth-order valence-corrected chi connectivity index (χ4v) is 1.77. The van der Waals surface area contributed by atoms with Gasteiger partial charge in [-0.25, -0.2) is 0 Å². The molecule has 0 aliphatic heterocycles. The van der Waals surface area contributed by atoms with Gasteiger partial charge in [-0.2, -0.15) is 4.98 Å². The first-order chi connectivity index (χ1) is 9.76. The summed E-state index contributed by atoms with van der Waals surface area (Å²) in [5, 5.41) is 13.1. The van der Waals surface area contributed by atoms with Crippen LogP contribution in [0.4, 0.5) is 0 Å². The van der Waals surface area contributed by atoms with Gasteiger partial charge < -0.3 is 9.63 Å². The zero-order chi connectivity index (χ0) is 13.9. The summed E-state index contributed by atoms with van der Waals surface area (Å²) in [6.07, 6.45) is 0.780. The predicted molar refractivity (Wildman–Crippen MR) is 72.2 cm³/mol. The van der Waals surface area contributed by atoms with Crippen LogP contribution in [0.3, 0.4) is 0 Å². The maximum atomic E-state index is 10.6. The monoisotopic (exact) mass is 266 g/mol. The Hall–Kier alpha value is -2.95. The molecule has 0 atom stereocenters. The lowest BCUT2D eigenvalue weighted by molar-refractivity contribution is 0.112. The van der Waals surface area contributed by atoms with Crippen molar-refractivity contribution in [1.29, 1.82) is 0 Å². The van der Waals surface area contributed by atoms with Crippen molar-refractivity contribution in [2.75, 3.05) is 0 Å². The fraction of sp³-hybridized carbons (Fsp3) is 0. The van der Waals surface area contributed by atoms with Crippen LogP contribution < -0.4 is 0 Å². The second-order valence-corrected chi connectivity index (χ2v) is 4.21. The van der Waals surface area contributed by atoms with Gasteiger partial charge in [-0.1, -0.05) is 29.4 Å². The number of hydrogen-bond donors (Lipinski definition) is 1. The molecule has 1 aromatic heterocycles. The largest absolute Gasteiger partial charge is 0.508 e. The van der Waals surface area contributed by atoms with Gasteiger partial charge in [-0.15, -0.1) is 0 Å². The van der Waals surface area contributed by atoms with E-state index < -0.39 is 0 Å². The molecule has 3 rings (SSSR count). The number of phenolic OH excluding ortho intramolecular Hbond substituents is 1. The Morgan fingerprint density at radius 1 is 0.950 bits per heavy atom. The van der Waals surface area contributed by atoms with Gasteiger partial charge in [0.25, 0.3) is 5.89 Å². The highest BCUT2D eigenvalue weighted by molar-refractivity contribution is 5.76. The predicted octanol–water partition coefficient (Wildman–Crippen LogP) is 2.92. The van der Waals surface area contributed by atoms with E-state index in [2.05, 4.69) is 10.1 Å². The van der Waals surface area contributed by atoms with Crippen molar-refractivity contribution in [2.24, 2.45) is 0 Å². The van der Waals surface area contributed by atoms with Crippen molar-refractivity contribution < 1.29 is 14.4 Å². The summed E-state index contributed by atoms with van der Waals surface area (Å²) in [5.74, 6) is 1.00. The molecule has 0 bridgehead atoms. The minimum absolute atomic E-state index is 0.179. The molecule has 0 unspecified atom stereocenters. The number of rotatable bonds is 3. The number of nitrogens with zero attached hydrogens (tertiary/aromatic N) is 2. The number of aromatic nitrogens is 2. The summed E-state index contributed by atoms with van der Waals surface area (Å²) < 4.78 is 5.19. The van der Waals surface area contributed by atoms with Crippen LogP contribution in [-0.4, -0.2) is 21.5 Å². The van der Waals surface area contributed by atoms with Gasteiger partial charge in [0.15, 0.2) is 0 Å². The maximum Gasteiger partial charge on any atom is 0.258 e. The number of benzene rings is 2. The van der Waals surface area contributed by atoms with E-state index >= 15 is 0 Å². The van der Waals surface area contributed by atoms with Gasteiger partial charge in [0, 0.05) is 16.7 Å². The number of hydrogen-bond acceptors (Lipinski definition) is 5. The van der Waals surface area contributed by atoms with E-state index in [1.165, 1.54) is 0 Å². The Bertz CT molecular complexity index is 731. The minimum atomic E-state index is 0.179. The lowest BCUT2D eigenvalue weighted by Gasteiger charge is -1.95. The average molecular weight is 266 g/mol. The van der Waals surface area contributed by atoms with Gasteiger partial charge in [0.05, 0.1) is 0 Å². The Morgan fingerprint density at radius 3 is 2.25 bits per heavy atom. The van der Waals surface area contributed by atoms with Gasteiger partial charge in [0.2, 0.25) is 5.82 Å². The Kier molecular flexibility index (Phi) is 3.01. The third-order valence-electron chi connectivity index (χ3n) is 2.85. The van der Waals surface area contributed by atoms with E-state index in [0.29, 0.717) is 17.3 Å². The van der Waals surface area contributed by atoms with Crippen LogP contribution in [0.2, 0.25) is 0 Å². The van der Waals surface area contributed by atoms with Gasteiger partial charge >= 0.3 is 0 Å². The maximum absolute atomic E-state index is 10.6. The van der Waals surface area contributed by atoms with Crippen LogP contribution >= 0.6 is 0 Å². The topological polar surface area (TPSA) is 76.2 Å². The number of carbonyl (C=O) groups excluding carboxylic acids is 1. The summed E-state index contributed by atoms with van der Waals surface area (Å²) in [4.78, 5) is 14.9. The third-order valence-corrected chi connectivity index (χ3v) is 2.85. The summed E-state index contributed by atoms with van der Waals surface area (Å²) >= 11 is 0. The zero-order valence-electron chi connectivity index (χ0n) is 10.4. The molecule has 0 aliphatic carbocycles. The standard InChI is InChI=1S/C15H10N2O3/c18-9-10-1-3-11(4-2-10)14-16-15(20-17-14)12-5-7-13(19)8-6-12/h1-9,19H. The zero-order valence-corrected chi connectivity index (χ0v) is 10.4. The normalized spacial score (nSPS) is 10.4. The highest BCUT2D eigenvalue weighted by atomic mass is 16.5. The van der Waals surface area contributed by atoms with E-state index in [-0.39, 0.29) is 5.75 Å². The quantitative estimate of drug-likeness (QED) is 0.737. The second-order valence-electron chi connectivity index (χ2n) is 4.21. The van der Waals surface area contributed by atoms with Crippen molar-refractivity contribution in [1.82, 2.24) is 10.1 Å². The molecule has 0 fully saturated rings. The molecule has 1 heterocycles. The highest BCUT2D eigenvalue weighted by Crippen LogP contribution is 2.23. The molecule has 0 amide bonds. The van der Waals surface area contributed by atoms with Gasteiger partial charge in [-0.05, 0) is 24.3 Å². The van der Waals surface area contributed by atoms with E-state index in [0.717, 1.165) is 17.4 Å². The smallest absolute Gasteiger partial charge is 0.258 e. The number of aldehydes is 1. The van der Waals surface area contributed by atoms with E-state index in [9.17, 15) is 9.90 Å². The Labute approximate surface area is 114 Å². The summed E-state index contributed by atoms with van der Waals surface area (Å²) in [6.45, 7) is 0. The van der Waals surface area contributed by atoms with E-state index in [4.69, 9.17) is 4.52 Å². The first kappa shape index (κ1) is 12.1.